The third kappa shape index (κ3) is 2.15. The van der Waals surface area contributed by atoms with E-state index in [4.69, 9.17) is 9.84 Å². The predicted octanol–water partition coefficient (Wildman–Crippen LogP) is -2.09. The highest BCUT2D eigenvalue weighted by atomic mass is 79.9. The van der Waals surface area contributed by atoms with Crippen molar-refractivity contribution in [3.63, 3.8) is 0 Å². The number of aromatic amines is 1. The Morgan fingerprint density at radius 2 is 2.06 bits per heavy atom. The van der Waals surface area contributed by atoms with Crippen molar-refractivity contribution in [2.75, 3.05) is 6.61 Å². The summed E-state index contributed by atoms with van der Waals surface area (Å²) in [5.41, 5.74) is -1.39. The Bertz CT molecular complexity index is 555. The van der Waals surface area contributed by atoms with E-state index >= 15 is 0 Å². The van der Waals surface area contributed by atoms with Crippen molar-refractivity contribution in [3.05, 3.63) is 31.5 Å². The van der Waals surface area contributed by atoms with Crippen LogP contribution in [0.4, 0.5) is 0 Å². The van der Waals surface area contributed by atoms with Gasteiger partial charge >= 0.3 is 5.69 Å². The first-order valence-electron chi connectivity index (χ1n) is 5.09. The number of hydrogen-bond donors (Lipinski definition) is 4. The molecule has 1 aliphatic rings. The van der Waals surface area contributed by atoms with Crippen LogP contribution in [-0.2, 0) is 4.74 Å². The second kappa shape index (κ2) is 4.94. The van der Waals surface area contributed by atoms with E-state index in [-0.39, 0.29) is 4.47 Å². The summed E-state index contributed by atoms with van der Waals surface area (Å²) in [6.45, 7) is -0.492. The van der Waals surface area contributed by atoms with Gasteiger partial charge in [-0.3, -0.25) is 14.3 Å². The minimum atomic E-state index is -1.38. The Hall–Kier alpha value is -1.00. The lowest BCUT2D eigenvalue weighted by atomic mass is 10.1. The number of hydrogen-bond acceptors (Lipinski definition) is 6. The van der Waals surface area contributed by atoms with Crippen LogP contribution in [0.15, 0.2) is 20.3 Å². The first-order chi connectivity index (χ1) is 8.45. The summed E-state index contributed by atoms with van der Waals surface area (Å²) in [4.78, 5) is 24.8. The van der Waals surface area contributed by atoms with Crippen molar-refractivity contribution in [1.82, 2.24) is 9.55 Å². The standard InChI is InChI=1S/C9H11BrN2O6/c10-3-1-12(9(17)11-7(3)16)8-6(15)5(14)4(2-13)18-8/h1,4-6,8,13-15H,2H2,(H,11,16,17)/t4-,5+,6+,8+/m0/s1. The average Bonchev–Trinajstić information content (AvgIpc) is 2.61. The third-order valence-electron chi connectivity index (χ3n) is 2.72. The Kier molecular flexibility index (Phi) is 3.69. The van der Waals surface area contributed by atoms with E-state index < -0.39 is 42.4 Å². The number of halogens is 1. The Labute approximate surface area is 109 Å². The van der Waals surface area contributed by atoms with Crippen molar-refractivity contribution in [1.29, 1.82) is 0 Å². The highest BCUT2D eigenvalue weighted by Crippen LogP contribution is 2.28. The monoisotopic (exact) mass is 322 g/mol. The topological polar surface area (TPSA) is 125 Å². The quantitative estimate of drug-likeness (QED) is 0.495. The molecule has 0 saturated carbocycles. The number of nitrogens with one attached hydrogen (secondary N) is 1. The summed E-state index contributed by atoms with van der Waals surface area (Å²) < 4.78 is 6.19. The van der Waals surface area contributed by atoms with Gasteiger partial charge in [0.2, 0.25) is 0 Å². The SMILES string of the molecule is O=c1[nH]c(=O)n([C@@H]2O[C@@H](CO)[C@@H](O)[C@H]2O)cc1Br. The van der Waals surface area contributed by atoms with E-state index in [1.807, 2.05) is 4.98 Å². The van der Waals surface area contributed by atoms with Gasteiger partial charge in [0.1, 0.15) is 18.3 Å². The third-order valence-corrected chi connectivity index (χ3v) is 3.28. The molecule has 18 heavy (non-hydrogen) atoms. The van der Waals surface area contributed by atoms with Crippen LogP contribution in [0.1, 0.15) is 6.23 Å². The van der Waals surface area contributed by atoms with E-state index in [1.165, 1.54) is 0 Å². The number of aromatic nitrogens is 2. The lowest BCUT2D eigenvalue weighted by molar-refractivity contribution is -0.0551. The number of ether oxygens (including phenoxy) is 1. The average molecular weight is 323 g/mol. The molecule has 4 N–H and O–H groups in total. The molecule has 1 saturated heterocycles. The molecule has 1 aromatic heterocycles. The molecule has 1 aromatic rings. The Morgan fingerprint density at radius 1 is 1.39 bits per heavy atom. The van der Waals surface area contributed by atoms with Gasteiger partial charge in [-0.1, -0.05) is 0 Å². The van der Waals surface area contributed by atoms with Gasteiger partial charge in [0, 0.05) is 6.20 Å². The number of H-pyrrole nitrogens is 1. The zero-order valence-electron chi connectivity index (χ0n) is 8.99. The van der Waals surface area contributed by atoms with Gasteiger partial charge in [-0.2, -0.15) is 0 Å². The maximum absolute atomic E-state index is 11.6. The fourth-order valence-corrected chi connectivity index (χ4v) is 2.08. The Balaban J connectivity index is 2.42. The lowest BCUT2D eigenvalue weighted by Gasteiger charge is -2.17. The summed E-state index contributed by atoms with van der Waals surface area (Å²) in [5, 5.41) is 28.3. The molecule has 0 aromatic carbocycles. The van der Waals surface area contributed by atoms with Crippen LogP contribution in [0.25, 0.3) is 0 Å². The maximum Gasteiger partial charge on any atom is 0.330 e. The molecule has 0 unspecified atom stereocenters. The van der Waals surface area contributed by atoms with Gasteiger partial charge in [0.05, 0.1) is 11.1 Å². The fourth-order valence-electron chi connectivity index (χ4n) is 1.76. The predicted molar refractivity (Wildman–Crippen MR) is 62.0 cm³/mol. The normalized spacial score (nSPS) is 31.8. The molecular weight excluding hydrogens is 312 g/mol. The molecule has 4 atom stereocenters. The maximum atomic E-state index is 11.6. The van der Waals surface area contributed by atoms with Crippen LogP contribution in [0.2, 0.25) is 0 Å². The minimum absolute atomic E-state index is 0.0832. The van der Waals surface area contributed by atoms with Crippen LogP contribution in [0.3, 0.4) is 0 Å². The molecule has 0 bridgehead atoms. The van der Waals surface area contributed by atoms with Gasteiger partial charge in [-0.15, -0.1) is 0 Å². The molecule has 0 spiro atoms. The van der Waals surface area contributed by atoms with Crippen LogP contribution >= 0.6 is 15.9 Å². The van der Waals surface area contributed by atoms with Gasteiger partial charge in [-0.05, 0) is 15.9 Å². The minimum Gasteiger partial charge on any atom is -0.394 e. The van der Waals surface area contributed by atoms with E-state index in [0.717, 1.165) is 10.8 Å². The van der Waals surface area contributed by atoms with Crippen molar-refractivity contribution < 1.29 is 20.1 Å². The molecule has 0 radical (unpaired) electrons. The van der Waals surface area contributed by atoms with Crippen molar-refractivity contribution in [3.8, 4) is 0 Å². The highest BCUT2D eigenvalue weighted by Gasteiger charge is 2.43. The zero-order valence-corrected chi connectivity index (χ0v) is 10.6. The highest BCUT2D eigenvalue weighted by molar-refractivity contribution is 9.10. The first kappa shape index (κ1) is 13.4. The van der Waals surface area contributed by atoms with Gasteiger partial charge in [0.25, 0.3) is 5.56 Å². The number of aliphatic hydroxyl groups excluding tert-OH is 3. The van der Waals surface area contributed by atoms with E-state index in [1.54, 1.807) is 0 Å². The van der Waals surface area contributed by atoms with Crippen molar-refractivity contribution in [2.24, 2.45) is 0 Å². The van der Waals surface area contributed by atoms with E-state index in [2.05, 4.69) is 15.9 Å². The van der Waals surface area contributed by atoms with E-state index in [9.17, 15) is 19.8 Å². The van der Waals surface area contributed by atoms with Crippen molar-refractivity contribution in [2.45, 2.75) is 24.5 Å². The molecule has 2 heterocycles. The summed E-state index contributed by atoms with van der Waals surface area (Å²) in [6, 6.07) is 0. The summed E-state index contributed by atoms with van der Waals surface area (Å²) in [5.74, 6) is 0. The first-order valence-corrected chi connectivity index (χ1v) is 5.88. The molecule has 0 amide bonds. The number of rotatable bonds is 2. The molecule has 8 nitrogen and oxygen atoms in total. The fraction of sp³-hybridized carbons (Fsp3) is 0.556. The van der Waals surface area contributed by atoms with Gasteiger partial charge in [0.15, 0.2) is 6.23 Å². The Morgan fingerprint density at radius 3 is 2.61 bits per heavy atom. The molecule has 100 valence electrons. The van der Waals surface area contributed by atoms with Crippen LogP contribution < -0.4 is 11.2 Å². The zero-order chi connectivity index (χ0) is 13.4. The summed E-state index contributed by atoms with van der Waals surface area (Å²) in [7, 11) is 0. The second-order valence-corrected chi connectivity index (χ2v) is 4.73. The van der Waals surface area contributed by atoms with Crippen LogP contribution in [0, 0.1) is 0 Å². The van der Waals surface area contributed by atoms with Gasteiger partial charge < -0.3 is 20.1 Å². The smallest absolute Gasteiger partial charge is 0.330 e. The number of nitrogens with zero attached hydrogens (tertiary/aromatic N) is 1. The van der Waals surface area contributed by atoms with Crippen LogP contribution in [0.5, 0.6) is 0 Å². The molecule has 2 rings (SSSR count). The molecule has 1 fully saturated rings. The lowest BCUT2D eigenvalue weighted by Crippen LogP contribution is -2.38. The summed E-state index contributed by atoms with van der Waals surface area (Å²) in [6.07, 6.45) is -3.68. The molecule has 9 heteroatoms. The summed E-state index contributed by atoms with van der Waals surface area (Å²) >= 11 is 2.94. The van der Waals surface area contributed by atoms with Gasteiger partial charge in [-0.25, -0.2) is 4.79 Å². The van der Waals surface area contributed by atoms with E-state index in [0.29, 0.717) is 0 Å². The largest absolute Gasteiger partial charge is 0.394 e. The number of aliphatic hydroxyl groups is 3. The second-order valence-electron chi connectivity index (χ2n) is 3.87. The molecular formula is C9H11BrN2O6. The molecule has 1 aliphatic heterocycles. The van der Waals surface area contributed by atoms with Crippen molar-refractivity contribution >= 4 is 15.9 Å². The molecule has 0 aliphatic carbocycles. The van der Waals surface area contributed by atoms with Crippen LogP contribution in [-0.4, -0.2) is 49.8 Å².